The van der Waals surface area contributed by atoms with E-state index in [1.807, 2.05) is 0 Å². The van der Waals surface area contributed by atoms with Crippen LogP contribution in [-0.4, -0.2) is 28.0 Å². The van der Waals surface area contributed by atoms with Crippen molar-refractivity contribution in [2.24, 2.45) is 0 Å². The third kappa shape index (κ3) is 2.42. The van der Waals surface area contributed by atoms with Crippen LogP contribution in [0.3, 0.4) is 0 Å². The molecule has 0 atom stereocenters. The minimum atomic E-state index is 0.276. The number of nitrogens with zero attached hydrogens (tertiary/aromatic N) is 5. The molecule has 1 saturated heterocycles. The summed E-state index contributed by atoms with van der Waals surface area (Å²) in [5.74, 6) is 1.38. The maximum absolute atomic E-state index is 6.10. The second kappa shape index (κ2) is 5.15. The standard InChI is InChI=1S/C15H16ClN5/c16-13-17-14(20-7-3-4-8-20)19-15(18-13)21-9-11-5-1-2-6-12(11)10-21/h1-2,5-6H,3-4,7-10H2. The number of aromatic nitrogens is 3. The molecule has 4 rings (SSSR count). The zero-order chi connectivity index (χ0) is 14.2. The van der Waals surface area contributed by atoms with Crippen LogP contribution in [0.15, 0.2) is 24.3 Å². The highest BCUT2D eigenvalue weighted by atomic mass is 35.5. The molecule has 0 spiro atoms. The van der Waals surface area contributed by atoms with Crippen molar-refractivity contribution in [3.8, 4) is 0 Å². The highest BCUT2D eigenvalue weighted by Gasteiger charge is 2.23. The largest absolute Gasteiger partial charge is 0.341 e. The zero-order valence-corrected chi connectivity index (χ0v) is 12.4. The van der Waals surface area contributed by atoms with Crippen molar-refractivity contribution in [2.75, 3.05) is 22.9 Å². The van der Waals surface area contributed by atoms with Crippen molar-refractivity contribution in [3.05, 3.63) is 40.7 Å². The average molecular weight is 302 g/mol. The molecule has 0 radical (unpaired) electrons. The van der Waals surface area contributed by atoms with E-state index in [0.717, 1.165) is 26.2 Å². The third-order valence-electron chi connectivity index (χ3n) is 4.10. The first kappa shape index (κ1) is 12.8. The Labute approximate surface area is 128 Å². The molecule has 2 aliphatic rings. The summed E-state index contributed by atoms with van der Waals surface area (Å²) >= 11 is 6.10. The van der Waals surface area contributed by atoms with Gasteiger partial charge >= 0.3 is 0 Å². The summed E-state index contributed by atoms with van der Waals surface area (Å²) in [5, 5.41) is 0.276. The Bertz CT molecular complexity index is 644. The molecule has 0 saturated carbocycles. The fourth-order valence-corrected chi connectivity index (χ4v) is 3.16. The van der Waals surface area contributed by atoms with Gasteiger partial charge in [-0.2, -0.15) is 15.0 Å². The molecule has 1 aromatic carbocycles. The average Bonchev–Trinajstić information content (AvgIpc) is 3.16. The van der Waals surface area contributed by atoms with E-state index in [0.29, 0.717) is 11.9 Å². The van der Waals surface area contributed by atoms with Gasteiger partial charge in [-0.25, -0.2) is 0 Å². The van der Waals surface area contributed by atoms with Crippen LogP contribution in [0.5, 0.6) is 0 Å². The summed E-state index contributed by atoms with van der Waals surface area (Å²) in [6.45, 7) is 3.66. The Hall–Kier alpha value is -1.88. The summed E-state index contributed by atoms with van der Waals surface area (Å²) in [4.78, 5) is 17.5. The van der Waals surface area contributed by atoms with Gasteiger partial charge in [0.25, 0.3) is 0 Å². The molecule has 1 fully saturated rings. The smallest absolute Gasteiger partial charge is 0.232 e. The van der Waals surface area contributed by atoms with Crippen LogP contribution in [0, 0.1) is 0 Å². The first-order valence-electron chi connectivity index (χ1n) is 7.28. The molecular weight excluding hydrogens is 286 g/mol. The van der Waals surface area contributed by atoms with Crippen LogP contribution in [0.4, 0.5) is 11.9 Å². The van der Waals surface area contributed by atoms with Crippen molar-refractivity contribution in [1.82, 2.24) is 15.0 Å². The predicted octanol–water partition coefficient (Wildman–Crippen LogP) is 2.65. The Balaban J connectivity index is 1.64. The maximum atomic E-state index is 6.10. The molecule has 0 bridgehead atoms. The van der Waals surface area contributed by atoms with E-state index >= 15 is 0 Å². The number of benzene rings is 1. The van der Waals surface area contributed by atoms with Crippen molar-refractivity contribution in [2.45, 2.75) is 25.9 Å². The zero-order valence-electron chi connectivity index (χ0n) is 11.7. The minimum absolute atomic E-state index is 0.276. The van der Waals surface area contributed by atoms with Crippen LogP contribution < -0.4 is 9.80 Å². The topological polar surface area (TPSA) is 45.2 Å². The van der Waals surface area contributed by atoms with E-state index < -0.39 is 0 Å². The van der Waals surface area contributed by atoms with Crippen LogP contribution in [0.2, 0.25) is 5.28 Å². The highest BCUT2D eigenvalue weighted by molar-refractivity contribution is 6.28. The molecule has 6 heteroatoms. The minimum Gasteiger partial charge on any atom is -0.341 e. The van der Waals surface area contributed by atoms with Crippen LogP contribution in [-0.2, 0) is 13.1 Å². The normalized spacial score (nSPS) is 17.4. The van der Waals surface area contributed by atoms with Gasteiger partial charge in [0.2, 0.25) is 17.2 Å². The number of rotatable bonds is 2. The van der Waals surface area contributed by atoms with Crippen molar-refractivity contribution < 1.29 is 0 Å². The highest BCUT2D eigenvalue weighted by Crippen LogP contribution is 2.27. The van der Waals surface area contributed by atoms with E-state index in [9.17, 15) is 0 Å². The van der Waals surface area contributed by atoms with Crippen molar-refractivity contribution >= 4 is 23.5 Å². The fraction of sp³-hybridized carbons (Fsp3) is 0.400. The molecule has 1 aromatic heterocycles. The predicted molar refractivity (Wildman–Crippen MR) is 82.6 cm³/mol. The monoisotopic (exact) mass is 301 g/mol. The number of anilines is 2. The molecule has 0 amide bonds. The van der Waals surface area contributed by atoms with Crippen molar-refractivity contribution in [1.29, 1.82) is 0 Å². The summed E-state index contributed by atoms with van der Waals surface area (Å²) in [5.41, 5.74) is 2.66. The number of hydrogen-bond donors (Lipinski definition) is 0. The lowest BCUT2D eigenvalue weighted by atomic mass is 10.1. The molecule has 0 unspecified atom stereocenters. The third-order valence-corrected chi connectivity index (χ3v) is 4.27. The van der Waals surface area contributed by atoms with E-state index in [2.05, 4.69) is 49.0 Å². The molecule has 3 heterocycles. The van der Waals surface area contributed by atoms with Gasteiger partial charge in [0.15, 0.2) is 0 Å². The molecule has 21 heavy (non-hydrogen) atoms. The van der Waals surface area contributed by atoms with Crippen LogP contribution >= 0.6 is 11.6 Å². The molecule has 2 aromatic rings. The molecule has 108 valence electrons. The fourth-order valence-electron chi connectivity index (χ4n) is 3.00. The van der Waals surface area contributed by atoms with Gasteiger partial charge < -0.3 is 9.80 Å². The first-order chi connectivity index (χ1) is 10.3. The molecule has 0 N–H and O–H groups in total. The quantitative estimate of drug-likeness (QED) is 0.853. The lowest BCUT2D eigenvalue weighted by molar-refractivity contribution is 0.799. The van der Waals surface area contributed by atoms with Gasteiger partial charge in [-0.1, -0.05) is 24.3 Å². The van der Waals surface area contributed by atoms with Gasteiger partial charge in [0, 0.05) is 26.2 Å². The molecular formula is C15H16ClN5. The summed E-state index contributed by atoms with van der Waals surface area (Å²) in [7, 11) is 0. The SMILES string of the molecule is Clc1nc(N2CCCC2)nc(N2Cc3ccccc3C2)n1. The lowest BCUT2D eigenvalue weighted by Gasteiger charge is -2.19. The van der Waals surface area contributed by atoms with E-state index in [4.69, 9.17) is 11.6 Å². The van der Waals surface area contributed by atoms with Gasteiger partial charge in [-0.3, -0.25) is 0 Å². The molecule has 2 aliphatic heterocycles. The Morgan fingerprint density at radius 3 is 2.00 bits per heavy atom. The first-order valence-corrected chi connectivity index (χ1v) is 7.66. The lowest BCUT2D eigenvalue weighted by Crippen LogP contribution is -2.24. The Morgan fingerprint density at radius 1 is 0.810 bits per heavy atom. The van der Waals surface area contributed by atoms with Crippen LogP contribution in [0.1, 0.15) is 24.0 Å². The van der Waals surface area contributed by atoms with Gasteiger partial charge in [-0.05, 0) is 35.6 Å². The number of hydrogen-bond acceptors (Lipinski definition) is 5. The van der Waals surface area contributed by atoms with Gasteiger partial charge in [0.1, 0.15) is 0 Å². The Kier molecular flexibility index (Phi) is 3.15. The Morgan fingerprint density at radius 2 is 1.38 bits per heavy atom. The molecule has 0 aliphatic carbocycles. The van der Waals surface area contributed by atoms with E-state index in [-0.39, 0.29) is 5.28 Å². The van der Waals surface area contributed by atoms with E-state index in [1.54, 1.807) is 0 Å². The molecule has 5 nitrogen and oxygen atoms in total. The number of halogens is 1. The van der Waals surface area contributed by atoms with Gasteiger partial charge in [0.05, 0.1) is 0 Å². The van der Waals surface area contributed by atoms with Crippen molar-refractivity contribution in [3.63, 3.8) is 0 Å². The van der Waals surface area contributed by atoms with Crippen LogP contribution in [0.25, 0.3) is 0 Å². The van der Waals surface area contributed by atoms with Gasteiger partial charge in [-0.15, -0.1) is 0 Å². The second-order valence-corrected chi connectivity index (χ2v) is 5.86. The van der Waals surface area contributed by atoms with E-state index in [1.165, 1.54) is 24.0 Å². The summed E-state index contributed by atoms with van der Waals surface area (Å²) < 4.78 is 0. The maximum Gasteiger partial charge on any atom is 0.232 e. The number of fused-ring (bicyclic) bond motifs is 1. The summed E-state index contributed by atoms with van der Waals surface area (Å²) in [6, 6.07) is 8.44. The second-order valence-electron chi connectivity index (χ2n) is 5.52. The summed E-state index contributed by atoms with van der Waals surface area (Å²) in [6.07, 6.45) is 2.38.